The van der Waals surface area contributed by atoms with Crippen molar-refractivity contribution in [3.05, 3.63) is 60.0 Å². The fourth-order valence-corrected chi connectivity index (χ4v) is 1.46. The van der Waals surface area contributed by atoms with Gasteiger partial charge in [0.05, 0.1) is 0 Å². The van der Waals surface area contributed by atoms with Crippen LogP contribution in [0.5, 0.6) is 0 Å². The summed E-state index contributed by atoms with van der Waals surface area (Å²) in [5, 5.41) is 0. The minimum atomic E-state index is 0.965. The molecule has 0 aromatic rings. The van der Waals surface area contributed by atoms with Gasteiger partial charge in [-0.25, -0.2) is 0 Å². The highest BCUT2D eigenvalue weighted by Crippen LogP contribution is 2.22. The summed E-state index contributed by atoms with van der Waals surface area (Å²) in [6.45, 7) is 6.93. The van der Waals surface area contributed by atoms with Gasteiger partial charge in [0.1, 0.15) is 0 Å². The van der Waals surface area contributed by atoms with Crippen molar-refractivity contribution in [2.24, 2.45) is 0 Å². The first-order chi connectivity index (χ1) is 6.27. The van der Waals surface area contributed by atoms with E-state index in [1.54, 1.807) is 0 Å². The summed E-state index contributed by atoms with van der Waals surface area (Å²) in [7, 11) is 0. The van der Waals surface area contributed by atoms with Crippen LogP contribution in [-0.4, -0.2) is 11.4 Å². The topological polar surface area (TPSA) is 3.24 Å². The van der Waals surface area contributed by atoms with Gasteiger partial charge in [0.15, 0.2) is 0 Å². The molecule has 66 valence electrons. The Morgan fingerprint density at radius 3 is 3.08 bits per heavy atom. The van der Waals surface area contributed by atoms with Crippen molar-refractivity contribution in [2.45, 2.75) is 6.92 Å². The van der Waals surface area contributed by atoms with E-state index in [0.29, 0.717) is 0 Å². The summed E-state index contributed by atoms with van der Waals surface area (Å²) in [4.78, 5) is 2.23. The highest BCUT2D eigenvalue weighted by atomic mass is 15.1. The van der Waals surface area contributed by atoms with Crippen LogP contribution < -0.4 is 0 Å². The van der Waals surface area contributed by atoms with Crippen LogP contribution in [0.3, 0.4) is 0 Å². The van der Waals surface area contributed by atoms with Gasteiger partial charge in [-0.05, 0) is 30.2 Å². The Kier molecular flexibility index (Phi) is 1.93. The quantitative estimate of drug-likeness (QED) is 0.586. The van der Waals surface area contributed by atoms with E-state index in [9.17, 15) is 0 Å². The van der Waals surface area contributed by atoms with E-state index < -0.39 is 0 Å². The van der Waals surface area contributed by atoms with Gasteiger partial charge >= 0.3 is 0 Å². The van der Waals surface area contributed by atoms with Gasteiger partial charge in [0, 0.05) is 18.4 Å². The van der Waals surface area contributed by atoms with Crippen LogP contribution in [0.4, 0.5) is 0 Å². The first-order valence-electron chi connectivity index (χ1n) is 4.46. The van der Waals surface area contributed by atoms with Crippen molar-refractivity contribution in [1.82, 2.24) is 4.90 Å². The van der Waals surface area contributed by atoms with Gasteiger partial charge in [0.2, 0.25) is 0 Å². The van der Waals surface area contributed by atoms with E-state index >= 15 is 0 Å². The Balaban J connectivity index is 2.30. The van der Waals surface area contributed by atoms with Crippen molar-refractivity contribution >= 4 is 0 Å². The van der Waals surface area contributed by atoms with Crippen molar-refractivity contribution in [3.8, 4) is 0 Å². The second kappa shape index (κ2) is 3.09. The number of hydrogen-bond donors (Lipinski definition) is 0. The Labute approximate surface area is 79.1 Å². The van der Waals surface area contributed by atoms with Crippen molar-refractivity contribution in [1.29, 1.82) is 0 Å². The van der Waals surface area contributed by atoms with Crippen LogP contribution in [0.1, 0.15) is 6.92 Å². The average molecular weight is 171 g/mol. The van der Waals surface area contributed by atoms with Crippen molar-refractivity contribution < 1.29 is 0 Å². The van der Waals surface area contributed by atoms with E-state index in [1.807, 2.05) is 6.92 Å². The van der Waals surface area contributed by atoms with Crippen molar-refractivity contribution in [2.75, 3.05) is 6.54 Å². The molecule has 0 aliphatic carbocycles. The lowest BCUT2D eigenvalue weighted by molar-refractivity contribution is 0.520. The zero-order valence-electron chi connectivity index (χ0n) is 7.83. The molecule has 0 unspecified atom stereocenters. The van der Waals surface area contributed by atoms with Crippen LogP contribution in [0.2, 0.25) is 0 Å². The summed E-state index contributed by atoms with van der Waals surface area (Å²) >= 11 is 0. The van der Waals surface area contributed by atoms with Crippen LogP contribution in [0.15, 0.2) is 60.0 Å². The van der Waals surface area contributed by atoms with Crippen LogP contribution in [0.25, 0.3) is 0 Å². The molecule has 1 heteroatoms. The first kappa shape index (κ1) is 8.11. The largest absolute Gasteiger partial charge is 0.344 e. The van der Waals surface area contributed by atoms with Gasteiger partial charge in [-0.1, -0.05) is 24.8 Å². The molecule has 0 radical (unpaired) electrons. The summed E-state index contributed by atoms with van der Waals surface area (Å²) in [5.41, 5.74) is 3.59. The number of nitrogens with zero attached hydrogens (tertiary/aromatic N) is 1. The third-order valence-corrected chi connectivity index (χ3v) is 2.26. The fraction of sp³-hybridized carbons (Fsp3) is 0.167. The lowest BCUT2D eigenvalue weighted by atomic mass is 10.1. The molecule has 2 aliphatic heterocycles. The maximum atomic E-state index is 3.93. The molecule has 0 saturated carbocycles. The highest BCUT2D eigenvalue weighted by molar-refractivity contribution is 5.45. The summed E-state index contributed by atoms with van der Waals surface area (Å²) in [6.07, 6.45) is 12.8. The molecule has 13 heavy (non-hydrogen) atoms. The maximum absolute atomic E-state index is 3.93. The molecular formula is C12H13N. The minimum Gasteiger partial charge on any atom is -0.344 e. The van der Waals surface area contributed by atoms with E-state index in [0.717, 1.165) is 12.1 Å². The Hall–Kier alpha value is -1.50. The Morgan fingerprint density at radius 1 is 1.46 bits per heavy atom. The van der Waals surface area contributed by atoms with Crippen LogP contribution in [0, 0.1) is 0 Å². The minimum absolute atomic E-state index is 0.965. The molecule has 0 saturated heterocycles. The maximum Gasteiger partial charge on any atom is 0.0409 e. The SMILES string of the molecule is C=C(C)C1=CN2CC=CC=C2C=C1. The fourth-order valence-electron chi connectivity index (χ4n) is 1.46. The Morgan fingerprint density at radius 2 is 2.31 bits per heavy atom. The second-order valence-electron chi connectivity index (χ2n) is 3.37. The van der Waals surface area contributed by atoms with Crippen LogP contribution in [-0.2, 0) is 0 Å². The van der Waals surface area contributed by atoms with E-state index in [1.165, 1.54) is 11.3 Å². The number of hydrogen-bond acceptors (Lipinski definition) is 1. The normalized spacial score (nSPS) is 19.3. The monoisotopic (exact) mass is 171 g/mol. The van der Waals surface area contributed by atoms with Crippen molar-refractivity contribution in [3.63, 3.8) is 0 Å². The molecule has 0 fully saturated rings. The summed E-state index contributed by atoms with van der Waals surface area (Å²) < 4.78 is 0. The molecule has 0 spiro atoms. The van der Waals surface area contributed by atoms with Gasteiger partial charge in [-0.3, -0.25) is 0 Å². The molecule has 0 amide bonds. The molecule has 2 rings (SSSR count). The zero-order valence-corrected chi connectivity index (χ0v) is 7.83. The third kappa shape index (κ3) is 1.50. The number of fused-ring (bicyclic) bond motifs is 1. The first-order valence-corrected chi connectivity index (χ1v) is 4.46. The molecule has 0 atom stereocenters. The van der Waals surface area contributed by atoms with Gasteiger partial charge in [0.25, 0.3) is 0 Å². The molecule has 0 bridgehead atoms. The number of rotatable bonds is 1. The standard InChI is InChI=1S/C12H13N/c1-10(2)11-6-7-12-5-3-4-8-13(12)9-11/h3-7,9H,1,8H2,2H3. The lowest BCUT2D eigenvalue weighted by Gasteiger charge is -2.26. The molecule has 0 aromatic carbocycles. The van der Waals surface area contributed by atoms with E-state index in [-0.39, 0.29) is 0 Å². The van der Waals surface area contributed by atoms with E-state index in [4.69, 9.17) is 0 Å². The van der Waals surface area contributed by atoms with Gasteiger partial charge in [-0.15, -0.1) is 0 Å². The molecular weight excluding hydrogens is 158 g/mol. The summed E-state index contributed by atoms with van der Waals surface area (Å²) in [5.74, 6) is 0. The zero-order chi connectivity index (χ0) is 9.26. The second-order valence-corrected chi connectivity index (χ2v) is 3.37. The lowest BCUT2D eigenvalue weighted by Crippen LogP contribution is -2.20. The molecule has 2 aliphatic rings. The van der Waals surface area contributed by atoms with Gasteiger partial charge < -0.3 is 4.90 Å². The molecule has 0 aromatic heterocycles. The molecule has 2 heterocycles. The third-order valence-electron chi connectivity index (χ3n) is 2.26. The highest BCUT2D eigenvalue weighted by Gasteiger charge is 2.10. The predicted molar refractivity (Wildman–Crippen MR) is 56.0 cm³/mol. The molecule has 0 N–H and O–H groups in total. The number of allylic oxidation sites excluding steroid dienone is 6. The van der Waals surface area contributed by atoms with E-state index in [2.05, 4.69) is 48.1 Å². The molecule has 1 nitrogen and oxygen atoms in total. The predicted octanol–water partition coefficient (Wildman–Crippen LogP) is 2.77. The van der Waals surface area contributed by atoms with Crippen LogP contribution >= 0.6 is 0 Å². The smallest absolute Gasteiger partial charge is 0.0409 e. The van der Waals surface area contributed by atoms with Gasteiger partial charge in [-0.2, -0.15) is 0 Å². The Bertz CT molecular complexity index is 353. The summed E-state index contributed by atoms with van der Waals surface area (Å²) in [6, 6.07) is 0. The average Bonchev–Trinajstić information content (AvgIpc) is 2.17.